The van der Waals surface area contributed by atoms with Crippen LogP contribution in [-0.4, -0.2) is 18.0 Å². The molecule has 140 valence electrons. The van der Waals surface area contributed by atoms with Crippen molar-refractivity contribution < 1.29 is 8.42 Å². The summed E-state index contributed by atoms with van der Waals surface area (Å²) in [5, 5.41) is 5.70. The molecule has 0 fully saturated rings. The maximum Gasteiger partial charge on any atom is 0.266 e. The third-order valence-corrected chi connectivity index (χ3v) is 6.18. The number of primary sulfonamides is 1. The van der Waals surface area contributed by atoms with Gasteiger partial charge in [-0.25, -0.2) is 18.5 Å². The Morgan fingerprint density at radius 3 is 2.29 bits per heavy atom. The van der Waals surface area contributed by atoms with Gasteiger partial charge in [-0.2, -0.15) is 0 Å². The number of hydrogen-bond donors (Lipinski definition) is 1. The molecule has 6 nitrogen and oxygen atoms in total. The molecule has 0 saturated heterocycles. The van der Waals surface area contributed by atoms with E-state index in [1.54, 1.807) is 24.3 Å². The molecule has 0 bridgehead atoms. The van der Waals surface area contributed by atoms with Gasteiger partial charge in [0.2, 0.25) is 10.0 Å². The first-order valence-electron chi connectivity index (χ1n) is 8.26. The first kappa shape index (κ1) is 18.5. The van der Waals surface area contributed by atoms with Crippen molar-refractivity contribution in [3.05, 3.63) is 87.6 Å². The first-order chi connectivity index (χ1) is 13.4. The first-order valence-corrected chi connectivity index (χ1v) is 10.6. The van der Waals surface area contributed by atoms with E-state index in [4.69, 9.17) is 5.14 Å². The van der Waals surface area contributed by atoms with E-state index in [0.29, 0.717) is 22.4 Å². The zero-order chi connectivity index (χ0) is 19.9. The van der Waals surface area contributed by atoms with Gasteiger partial charge in [-0.15, -0.1) is 0 Å². The Kier molecular flexibility index (Phi) is 4.62. The molecule has 0 amide bonds. The molecule has 0 radical (unpaired) electrons. The van der Waals surface area contributed by atoms with Crippen LogP contribution in [0.3, 0.4) is 0 Å². The monoisotopic (exact) mass is 455 g/mol. The number of halogens is 1. The molecule has 8 heteroatoms. The van der Waals surface area contributed by atoms with Gasteiger partial charge in [0, 0.05) is 10.0 Å². The van der Waals surface area contributed by atoms with Crippen LogP contribution in [0.1, 0.15) is 0 Å². The van der Waals surface area contributed by atoms with E-state index in [0.717, 1.165) is 5.56 Å². The number of sulfonamides is 1. The largest absolute Gasteiger partial charge is 0.268 e. The Labute approximate surface area is 169 Å². The lowest BCUT2D eigenvalue weighted by atomic mass is 10.1. The van der Waals surface area contributed by atoms with Gasteiger partial charge in [0.15, 0.2) is 0 Å². The van der Waals surface area contributed by atoms with Gasteiger partial charge in [-0.1, -0.05) is 42.5 Å². The summed E-state index contributed by atoms with van der Waals surface area (Å²) in [6, 6.07) is 20.9. The highest BCUT2D eigenvalue weighted by Gasteiger charge is 2.17. The fourth-order valence-electron chi connectivity index (χ4n) is 3.01. The number of para-hydroxylation sites is 1. The van der Waals surface area contributed by atoms with Crippen molar-refractivity contribution in [1.29, 1.82) is 0 Å². The normalized spacial score (nSPS) is 11.6. The molecule has 28 heavy (non-hydrogen) atoms. The summed E-state index contributed by atoms with van der Waals surface area (Å²) in [5.41, 5.74) is 1.57. The highest BCUT2D eigenvalue weighted by Crippen LogP contribution is 2.27. The lowest BCUT2D eigenvalue weighted by molar-refractivity contribution is 0.597. The van der Waals surface area contributed by atoms with E-state index in [1.165, 1.54) is 16.7 Å². The Bertz CT molecular complexity index is 1370. The summed E-state index contributed by atoms with van der Waals surface area (Å²) in [7, 11) is -3.89. The van der Waals surface area contributed by atoms with Gasteiger partial charge in [0.25, 0.3) is 5.56 Å². The third-order valence-electron chi connectivity index (χ3n) is 4.29. The highest BCUT2D eigenvalue weighted by molar-refractivity contribution is 9.10. The molecule has 0 spiro atoms. The van der Waals surface area contributed by atoms with E-state index in [1.807, 2.05) is 36.4 Å². The average molecular weight is 456 g/mol. The molecular formula is C20H14BrN3O3S. The van der Waals surface area contributed by atoms with Gasteiger partial charge in [-0.3, -0.25) is 9.36 Å². The summed E-state index contributed by atoms with van der Waals surface area (Å²) in [5.74, 6) is 0.458. The molecule has 0 saturated carbocycles. The fraction of sp³-hybridized carbons (Fsp3) is 0. The van der Waals surface area contributed by atoms with Crippen LogP contribution in [0, 0.1) is 0 Å². The van der Waals surface area contributed by atoms with E-state index in [9.17, 15) is 13.2 Å². The lowest BCUT2D eigenvalue weighted by Gasteiger charge is -2.15. The van der Waals surface area contributed by atoms with E-state index >= 15 is 0 Å². The molecule has 3 aromatic carbocycles. The smallest absolute Gasteiger partial charge is 0.266 e. The zero-order valence-electron chi connectivity index (χ0n) is 14.4. The standard InChI is InChI=1S/C20H14BrN3O3S/c21-16-12-14(10-11-18(16)28(22,26)27)24-19(13-6-2-1-3-7-13)23-17-9-5-4-8-15(17)20(24)25/h1-12H,(H2,22,26,27). The number of aromatic nitrogens is 2. The molecule has 4 aromatic rings. The van der Waals surface area contributed by atoms with Gasteiger partial charge in [0.05, 0.1) is 21.5 Å². The van der Waals surface area contributed by atoms with Gasteiger partial charge in [0.1, 0.15) is 5.82 Å². The van der Waals surface area contributed by atoms with Crippen LogP contribution in [0.25, 0.3) is 28.0 Å². The number of hydrogen-bond acceptors (Lipinski definition) is 4. The van der Waals surface area contributed by atoms with Crippen LogP contribution in [0.4, 0.5) is 0 Å². The van der Waals surface area contributed by atoms with E-state index in [2.05, 4.69) is 20.9 Å². The Morgan fingerprint density at radius 2 is 1.61 bits per heavy atom. The fourth-order valence-corrected chi connectivity index (χ4v) is 4.64. The van der Waals surface area contributed by atoms with Crippen molar-refractivity contribution in [1.82, 2.24) is 9.55 Å². The second kappa shape index (κ2) is 6.97. The SMILES string of the molecule is NS(=O)(=O)c1ccc(-n2c(-c3ccccc3)nc3ccccc3c2=O)cc1Br. The van der Waals surface area contributed by atoms with Gasteiger partial charge < -0.3 is 0 Å². The number of benzene rings is 3. The van der Waals surface area contributed by atoms with Crippen molar-refractivity contribution in [3.63, 3.8) is 0 Å². The Balaban J connectivity index is 2.07. The molecule has 1 aromatic heterocycles. The quantitative estimate of drug-likeness (QED) is 0.511. The van der Waals surface area contributed by atoms with Gasteiger partial charge in [-0.05, 0) is 46.3 Å². The Morgan fingerprint density at radius 1 is 0.929 bits per heavy atom. The van der Waals surface area contributed by atoms with E-state index < -0.39 is 10.0 Å². The minimum atomic E-state index is -3.89. The van der Waals surface area contributed by atoms with Crippen LogP contribution >= 0.6 is 15.9 Å². The number of nitrogens with two attached hydrogens (primary N) is 1. The van der Waals surface area contributed by atoms with Crippen molar-refractivity contribution in [2.75, 3.05) is 0 Å². The van der Waals surface area contributed by atoms with Crippen LogP contribution in [-0.2, 0) is 10.0 Å². The van der Waals surface area contributed by atoms with Crippen molar-refractivity contribution in [2.24, 2.45) is 5.14 Å². The number of rotatable bonds is 3. The Hall–Kier alpha value is -2.81. The van der Waals surface area contributed by atoms with Gasteiger partial charge >= 0.3 is 0 Å². The summed E-state index contributed by atoms with van der Waals surface area (Å²) in [4.78, 5) is 17.9. The second-order valence-electron chi connectivity index (χ2n) is 6.12. The van der Waals surface area contributed by atoms with E-state index in [-0.39, 0.29) is 14.9 Å². The third kappa shape index (κ3) is 3.26. The predicted molar refractivity (Wildman–Crippen MR) is 112 cm³/mol. The topological polar surface area (TPSA) is 95.1 Å². The van der Waals surface area contributed by atoms with Crippen molar-refractivity contribution in [3.8, 4) is 17.1 Å². The minimum Gasteiger partial charge on any atom is -0.268 e. The highest BCUT2D eigenvalue weighted by atomic mass is 79.9. The molecule has 4 rings (SSSR count). The van der Waals surface area contributed by atoms with Crippen LogP contribution in [0.5, 0.6) is 0 Å². The minimum absolute atomic E-state index is 0.0562. The van der Waals surface area contributed by atoms with Crippen LogP contribution in [0.2, 0.25) is 0 Å². The molecule has 0 unspecified atom stereocenters. The maximum atomic E-state index is 13.3. The summed E-state index contributed by atoms with van der Waals surface area (Å²) < 4.78 is 25.1. The lowest BCUT2D eigenvalue weighted by Crippen LogP contribution is -2.22. The average Bonchev–Trinajstić information content (AvgIpc) is 2.67. The van der Waals surface area contributed by atoms with Crippen LogP contribution in [0.15, 0.2) is 87.0 Å². The number of fused-ring (bicyclic) bond motifs is 1. The number of nitrogens with zero attached hydrogens (tertiary/aromatic N) is 2. The van der Waals surface area contributed by atoms with Crippen LogP contribution < -0.4 is 10.7 Å². The molecule has 1 heterocycles. The molecule has 0 aliphatic rings. The second-order valence-corrected chi connectivity index (χ2v) is 8.50. The summed E-state index contributed by atoms with van der Waals surface area (Å²) >= 11 is 3.24. The molecule has 0 aliphatic heterocycles. The summed E-state index contributed by atoms with van der Waals surface area (Å²) in [6.07, 6.45) is 0. The van der Waals surface area contributed by atoms with Crippen molar-refractivity contribution in [2.45, 2.75) is 4.90 Å². The molecular weight excluding hydrogens is 442 g/mol. The molecule has 0 atom stereocenters. The summed E-state index contributed by atoms with van der Waals surface area (Å²) in [6.45, 7) is 0. The predicted octanol–water partition coefficient (Wildman–Crippen LogP) is 3.46. The molecule has 2 N–H and O–H groups in total. The zero-order valence-corrected chi connectivity index (χ0v) is 16.8. The van der Waals surface area contributed by atoms with Crippen molar-refractivity contribution >= 4 is 36.9 Å². The maximum absolute atomic E-state index is 13.3. The molecule has 0 aliphatic carbocycles.